The molecule has 22 heteroatoms. The zero-order valence-corrected chi connectivity index (χ0v) is 61.2. The topological polar surface area (TPSA) is 361 Å². The van der Waals surface area contributed by atoms with Crippen LogP contribution in [0.3, 0.4) is 0 Å². The fourth-order valence-corrected chi connectivity index (χ4v) is 12.2. The first-order valence-corrected chi connectivity index (χ1v) is 36.9. The van der Waals surface area contributed by atoms with Crippen LogP contribution >= 0.6 is 0 Å². The van der Waals surface area contributed by atoms with E-state index in [4.69, 9.17) is 46.6 Å². The summed E-state index contributed by atoms with van der Waals surface area (Å²) in [6.45, 7) is 11.8. The number of carbonyl (C=O) groups excluding carboxylic acids is 6. The summed E-state index contributed by atoms with van der Waals surface area (Å²) < 4.78 is 33.0. The Hall–Kier alpha value is -10.1. The third kappa shape index (κ3) is 33.0. The summed E-state index contributed by atoms with van der Waals surface area (Å²) in [4.78, 5) is 95.6. The molecular weight excluding hydrogens is 1400 g/mol. The number of rotatable bonds is 37. The predicted octanol–water partition coefficient (Wildman–Crippen LogP) is 21.0. The number of anilines is 6. The first-order chi connectivity index (χ1) is 50.0. The average Bonchev–Trinajstić information content (AvgIpc) is 1.56. The first kappa shape index (κ1) is 99.9. The average molecular weight is 1530 g/mol. The molecule has 2 amide bonds. The van der Waals surface area contributed by atoms with Crippen molar-refractivity contribution in [3.8, 4) is 34.5 Å². The Labute approximate surface area is 656 Å². The molecule has 3 aliphatic rings. The standard InChI is InChI=1S/C36H52N2O8.C24H36N2O2.C16H12O6.C6H8N2.6CH4/c1-6-7-8-9-10-11-12-13-14-15-22-45-29-17-19-30(20-18-29)46-32-21-16-28(37-33(39)24(2)26(4)35(41)42)23-31(32)38-34(40)25(3)27(5)36(43)44;1-2-3-4-5-6-7-8-9-10-11-18-27-21-13-15-22(16-14-21)28-24-17-12-20(25)19-23(24)26;17-12-6-10(14(18)21-12)9-5-11-13(16(20)22-15(11)19)8-4-2-1-3-7(8)9;7-5-1-2-6(8)4-3-5;;;;;;/h16-21,23-27H,6-15,22H2,1-5H3,(H,37,39)(H,38,40)(H,41,42)(H,43,44);12-17,19H,2-11,18,25-26H2,1H3;1-4,9-11,13H,5-6H2;1-4H,7-8H2;6*1H4. The SMILES string of the molecule is C.C.C.C.C.C.CCCCCCCCCCCCOc1ccc(Oc2ccc(N)cc2N)cc1.CCCCCCCCCCCCOc1ccc(Oc2ccc(NC(=O)C(C)C(C)C(=O)O)cc2NC(=O)C(C)C(C)C(=O)O)cc1.Nc1ccc(N)cc1.O=C1CC(C2CC3C(=O)OC(=O)C3c3ccccc32)C(=O)O1. The van der Waals surface area contributed by atoms with E-state index in [2.05, 4.69) is 29.2 Å². The summed E-state index contributed by atoms with van der Waals surface area (Å²) in [5.74, 6) is -7.33. The molecule has 9 rings (SSSR count). The second-order valence-corrected chi connectivity index (χ2v) is 27.1. The molecule has 0 aromatic heterocycles. The fraction of sp³-hybridized carbons (Fsp3) is 0.500. The molecule has 0 spiro atoms. The van der Waals surface area contributed by atoms with Gasteiger partial charge in [0.05, 0.1) is 60.6 Å². The van der Waals surface area contributed by atoms with Gasteiger partial charge in [-0.3, -0.25) is 38.4 Å². The van der Waals surface area contributed by atoms with Gasteiger partial charge in [0.15, 0.2) is 5.75 Å². The van der Waals surface area contributed by atoms with Crippen molar-refractivity contribution in [1.29, 1.82) is 0 Å². The third-order valence-electron chi connectivity index (χ3n) is 19.0. The van der Waals surface area contributed by atoms with Crippen LogP contribution < -0.4 is 52.5 Å². The Balaban J connectivity index is 0.00000158. The van der Waals surface area contributed by atoms with Gasteiger partial charge in [-0.2, -0.15) is 0 Å². The lowest BCUT2D eigenvalue weighted by Gasteiger charge is -2.32. The van der Waals surface area contributed by atoms with E-state index < -0.39 is 89.1 Å². The van der Waals surface area contributed by atoms with Crippen LogP contribution in [-0.4, -0.2) is 71.1 Å². The van der Waals surface area contributed by atoms with Gasteiger partial charge in [-0.25, -0.2) is 0 Å². The molecule has 22 nitrogen and oxygen atoms in total. The van der Waals surface area contributed by atoms with E-state index in [0.29, 0.717) is 47.2 Å². The van der Waals surface area contributed by atoms with Crippen molar-refractivity contribution in [2.75, 3.05) is 46.8 Å². The summed E-state index contributed by atoms with van der Waals surface area (Å²) in [5.41, 5.74) is 27.1. The molecule has 6 aromatic carbocycles. The second kappa shape index (κ2) is 52.9. The van der Waals surface area contributed by atoms with Crippen LogP contribution in [0.2, 0.25) is 0 Å². The maximum atomic E-state index is 13.0. The molecule has 0 saturated carbocycles. The Bertz CT molecular complexity index is 3700. The lowest BCUT2D eigenvalue weighted by Crippen LogP contribution is -2.31. The monoisotopic (exact) mass is 1530 g/mol. The first-order valence-electron chi connectivity index (χ1n) is 36.9. The summed E-state index contributed by atoms with van der Waals surface area (Å²) >= 11 is 0. The van der Waals surface area contributed by atoms with Crippen LogP contribution in [-0.2, 0) is 47.8 Å². The zero-order valence-electron chi connectivity index (χ0n) is 61.2. The maximum Gasteiger partial charge on any atom is 0.321 e. The quantitative estimate of drug-likeness (QED) is 0.00777. The number of hydrogen-bond donors (Lipinski definition) is 8. The van der Waals surface area contributed by atoms with Crippen molar-refractivity contribution in [3.05, 3.63) is 145 Å². The Kier molecular flexibility index (Phi) is 48.0. The van der Waals surface area contributed by atoms with Gasteiger partial charge in [0.1, 0.15) is 28.7 Å². The number of carboxylic acid groups (broad SMARTS) is 2. The smallest absolute Gasteiger partial charge is 0.321 e. The van der Waals surface area contributed by atoms with Crippen molar-refractivity contribution >= 4 is 81.8 Å². The van der Waals surface area contributed by atoms with E-state index in [1.165, 1.54) is 143 Å². The highest BCUT2D eigenvalue weighted by molar-refractivity contribution is 6.01. The van der Waals surface area contributed by atoms with Crippen molar-refractivity contribution in [2.45, 2.75) is 239 Å². The number of carbonyl (C=O) groups is 8. The summed E-state index contributed by atoms with van der Waals surface area (Å²) in [7, 11) is 0. The van der Waals surface area contributed by atoms with Gasteiger partial charge in [0, 0.05) is 34.6 Å². The molecule has 0 bridgehead atoms. The lowest BCUT2D eigenvalue weighted by molar-refractivity contribution is -0.155. The Morgan fingerprint density at radius 3 is 1.25 bits per heavy atom. The zero-order chi connectivity index (χ0) is 75.5. The van der Waals surface area contributed by atoms with Gasteiger partial charge in [0.25, 0.3) is 0 Å². The molecule has 6 aromatic rings. The highest BCUT2D eigenvalue weighted by Crippen LogP contribution is 2.51. The Morgan fingerprint density at radius 2 is 0.818 bits per heavy atom. The summed E-state index contributed by atoms with van der Waals surface area (Å²) in [5, 5.41) is 24.0. The second-order valence-electron chi connectivity index (χ2n) is 27.1. The normalized spacial score (nSPS) is 15.7. The molecule has 1 aliphatic carbocycles. The molecule has 2 aliphatic heterocycles. The van der Waals surface area contributed by atoms with Crippen LogP contribution in [0.5, 0.6) is 34.5 Å². The largest absolute Gasteiger partial charge is 0.494 e. The van der Waals surface area contributed by atoms with Crippen LogP contribution in [0.15, 0.2) is 133 Å². The number of nitrogens with one attached hydrogen (secondary N) is 2. The van der Waals surface area contributed by atoms with E-state index >= 15 is 0 Å². The molecule has 610 valence electrons. The van der Waals surface area contributed by atoms with E-state index in [1.807, 2.05) is 36.4 Å². The van der Waals surface area contributed by atoms with Gasteiger partial charge in [-0.05, 0) is 146 Å². The van der Waals surface area contributed by atoms with E-state index in [-0.39, 0.29) is 68.3 Å². The predicted molar refractivity (Wildman–Crippen MR) is 445 cm³/mol. The van der Waals surface area contributed by atoms with Crippen LogP contribution in [0.25, 0.3) is 0 Å². The fourth-order valence-electron chi connectivity index (χ4n) is 12.2. The minimum Gasteiger partial charge on any atom is -0.494 e. The van der Waals surface area contributed by atoms with E-state index in [1.54, 1.807) is 91.0 Å². The van der Waals surface area contributed by atoms with Crippen molar-refractivity contribution in [2.24, 2.45) is 35.5 Å². The number of esters is 4. The van der Waals surface area contributed by atoms with Crippen molar-refractivity contribution in [3.63, 3.8) is 0 Å². The van der Waals surface area contributed by atoms with Crippen molar-refractivity contribution in [1.82, 2.24) is 0 Å². The number of benzene rings is 6. The van der Waals surface area contributed by atoms with Gasteiger partial charge in [0.2, 0.25) is 11.8 Å². The summed E-state index contributed by atoms with van der Waals surface area (Å²) in [6.07, 6.45) is 26.2. The van der Waals surface area contributed by atoms with Gasteiger partial charge < -0.3 is 72.2 Å². The molecule has 110 heavy (non-hydrogen) atoms. The number of nitrogen functional groups attached to an aromatic ring is 4. The number of carboxylic acids is 2. The third-order valence-corrected chi connectivity index (χ3v) is 19.0. The number of ether oxygens (including phenoxy) is 6. The molecule has 2 fully saturated rings. The Morgan fingerprint density at radius 1 is 0.427 bits per heavy atom. The number of cyclic esters (lactones) is 4. The molecule has 2 saturated heterocycles. The maximum absolute atomic E-state index is 13.0. The van der Waals surface area contributed by atoms with Gasteiger partial charge in [-0.1, -0.05) is 226 Å². The number of fused-ring (bicyclic) bond motifs is 3. The lowest BCUT2D eigenvalue weighted by atomic mass is 9.67. The molecule has 0 radical (unpaired) electrons. The van der Waals surface area contributed by atoms with Crippen LogP contribution in [0.4, 0.5) is 34.1 Å². The van der Waals surface area contributed by atoms with Crippen LogP contribution in [0, 0.1) is 35.5 Å². The minimum absolute atomic E-state index is 0. The number of amides is 2. The molecule has 12 N–H and O–H groups in total. The molecular formula is C88H132N6O16. The van der Waals surface area contributed by atoms with Crippen LogP contribution in [0.1, 0.15) is 250 Å². The number of nitrogens with two attached hydrogens (primary N) is 4. The van der Waals surface area contributed by atoms with Gasteiger partial charge >= 0.3 is 35.8 Å². The number of hydrogen-bond acceptors (Lipinski definition) is 18. The molecule has 8 unspecified atom stereocenters. The van der Waals surface area contributed by atoms with E-state index in [0.717, 1.165) is 60.1 Å². The highest BCUT2D eigenvalue weighted by Gasteiger charge is 2.53. The number of unbranched alkanes of at least 4 members (excludes halogenated alkanes) is 18. The molecule has 2 heterocycles. The van der Waals surface area contributed by atoms with Crippen molar-refractivity contribution < 1.29 is 77.0 Å². The van der Waals surface area contributed by atoms with Gasteiger partial charge in [-0.15, -0.1) is 0 Å². The number of aliphatic carboxylic acids is 2. The highest BCUT2D eigenvalue weighted by atomic mass is 16.6. The molecule has 8 atom stereocenters. The summed E-state index contributed by atoms with van der Waals surface area (Å²) in [6, 6.07) is 38.9. The van der Waals surface area contributed by atoms with E-state index in [9.17, 15) is 48.6 Å². The minimum atomic E-state index is -1.10.